The third-order valence-corrected chi connectivity index (χ3v) is 7.10. The fraction of sp³-hybridized carbons (Fsp3) is 0.300. The Morgan fingerprint density at radius 2 is 1.97 bits per heavy atom. The van der Waals surface area contributed by atoms with Gasteiger partial charge in [-0.25, -0.2) is 8.78 Å². The topological polar surface area (TPSA) is 119 Å². The number of nitrogens with zero attached hydrogens (tertiary/aromatic N) is 5. The highest BCUT2D eigenvalue weighted by atomic mass is 32.2. The molecule has 2 aliphatic heterocycles. The van der Waals surface area contributed by atoms with Crippen LogP contribution < -0.4 is 5.32 Å². The highest BCUT2D eigenvalue weighted by Gasteiger charge is 2.36. The van der Waals surface area contributed by atoms with E-state index in [2.05, 4.69) is 15.5 Å². The van der Waals surface area contributed by atoms with Gasteiger partial charge in [0, 0.05) is 24.5 Å². The number of carbonyl (C=O) groups excluding carboxylic acids is 2. The molecule has 0 fully saturated rings. The molecule has 0 spiro atoms. The molecule has 1 N–H and O–H groups in total. The third kappa shape index (κ3) is 3.77. The van der Waals surface area contributed by atoms with Gasteiger partial charge in [0.1, 0.15) is 17.5 Å². The van der Waals surface area contributed by atoms with E-state index >= 15 is 0 Å². The molecule has 0 aliphatic carbocycles. The van der Waals surface area contributed by atoms with Crippen molar-refractivity contribution >= 4 is 21.8 Å². The van der Waals surface area contributed by atoms with Crippen molar-refractivity contribution in [3.8, 4) is 0 Å². The second-order valence-electron chi connectivity index (χ2n) is 7.84. The SMILES string of the molecule is O=C1Cc2ccccc2[C@@H](C(=O)N2Cc3cn(S(=O)(=O)c4cnn(CC(F)F)c4)nc3C2)N1. The van der Waals surface area contributed by atoms with E-state index in [4.69, 9.17) is 0 Å². The van der Waals surface area contributed by atoms with E-state index in [9.17, 15) is 26.8 Å². The summed E-state index contributed by atoms with van der Waals surface area (Å²) < 4.78 is 52.3. The van der Waals surface area contributed by atoms with Crippen LogP contribution in [0.25, 0.3) is 0 Å². The Labute approximate surface area is 186 Å². The van der Waals surface area contributed by atoms with Crippen LogP contribution in [-0.4, -0.2) is 50.5 Å². The zero-order valence-corrected chi connectivity index (χ0v) is 17.9. The Bertz CT molecular complexity index is 1340. The van der Waals surface area contributed by atoms with Gasteiger partial charge in [0.25, 0.3) is 16.4 Å². The summed E-state index contributed by atoms with van der Waals surface area (Å²) in [5, 5.41) is 10.5. The second kappa shape index (κ2) is 7.76. The van der Waals surface area contributed by atoms with Crippen LogP contribution in [0.3, 0.4) is 0 Å². The minimum Gasteiger partial charge on any atom is -0.340 e. The standard InChI is InChI=1S/C20H18F2N6O4S/c21-17(22)11-27-9-14(6-23-27)33(31,32)28-8-13-7-26(10-16(13)25-28)20(30)19-15-4-2-1-3-12(15)5-18(29)24-19/h1-4,6,8-9,17,19H,5,7,10-11H2,(H,24,29)/t19-/m0/s1. The van der Waals surface area contributed by atoms with E-state index in [0.717, 1.165) is 32.3 Å². The molecule has 2 aromatic heterocycles. The molecular formula is C20H18F2N6O4S. The minimum absolute atomic E-state index is 0.0792. The first-order valence-electron chi connectivity index (χ1n) is 10.0. The van der Waals surface area contributed by atoms with Crippen molar-refractivity contribution in [3.05, 3.63) is 65.2 Å². The van der Waals surface area contributed by atoms with E-state index in [1.54, 1.807) is 12.1 Å². The lowest BCUT2D eigenvalue weighted by Gasteiger charge is -2.29. The number of amides is 2. The molecule has 0 unspecified atom stereocenters. The molecule has 3 aromatic rings. The number of alkyl halides is 2. The second-order valence-corrected chi connectivity index (χ2v) is 9.63. The zero-order chi connectivity index (χ0) is 23.3. The van der Waals surface area contributed by atoms with Gasteiger partial charge >= 0.3 is 0 Å². The van der Waals surface area contributed by atoms with Crippen LogP contribution in [0, 0.1) is 0 Å². The van der Waals surface area contributed by atoms with Crippen LogP contribution in [0.5, 0.6) is 0 Å². The summed E-state index contributed by atoms with van der Waals surface area (Å²) in [5.41, 5.74) is 2.48. The van der Waals surface area contributed by atoms with Gasteiger partial charge < -0.3 is 10.2 Å². The average molecular weight is 476 g/mol. The number of carbonyl (C=O) groups is 2. The number of benzene rings is 1. The summed E-state index contributed by atoms with van der Waals surface area (Å²) in [6.07, 6.45) is 0.851. The Hall–Kier alpha value is -3.61. The van der Waals surface area contributed by atoms with Gasteiger partial charge in [0.15, 0.2) is 0 Å². The van der Waals surface area contributed by atoms with Crippen molar-refractivity contribution in [2.45, 2.75) is 43.4 Å². The van der Waals surface area contributed by atoms with Crippen molar-refractivity contribution in [3.63, 3.8) is 0 Å². The van der Waals surface area contributed by atoms with E-state index in [-0.39, 0.29) is 36.2 Å². The first-order valence-corrected chi connectivity index (χ1v) is 11.5. The number of rotatable bonds is 5. The molecule has 10 nitrogen and oxygen atoms in total. The monoisotopic (exact) mass is 476 g/mol. The van der Waals surface area contributed by atoms with E-state index in [1.165, 1.54) is 11.1 Å². The largest absolute Gasteiger partial charge is 0.340 e. The average Bonchev–Trinajstić information content (AvgIpc) is 3.47. The first-order chi connectivity index (χ1) is 15.7. The molecule has 5 rings (SSSR count). The molecule has 4 heterocycles. The van der Waals surface area contributed by atoms with E-state index in [0.29, 0.717) is 11.3 Å². The van der Waals surface area contributed by atoms with Gasteiger partial charge in [-0.05, 0) is 11.1 Å². The highest BCUT2D eigenvalue weighted by molar-refractivity contribution is 7.89. The molecule has 0 radical (unpaired) electrons. The maximum absolute atomic E-state index is 13.2. The van der Waals surface area contributed by atoms with Crippen LogP contribution in [0.15, 0.2) is 47.8 Å². The lowest BCUT2D eigenvalue weighted by atomic mass is 9.93. The smallest absolute Gasteiger partial charge is 0.286 e. The van der Waals surface area contributed by atoms with E-state index < -0.39 is 29.0 Å². The zero-order valence-electron chi connectivity index (χ0n) is 17.1. The lowest BCUT2D eigenvalue weighted by molar-refractivity contribution is -0.137. The van der Waals surface area contributed by atoms with Gasteiger partial charge in [-0.15, -0.1) is 0 Å². The lowest BCUT2D eigenvalue weighted by Crippen LogP contribution is -2.44. The van der Waals surface area contributed by atoms with Crippen LogP contribution in [-0.2, 0) is 45.7 Å². The van der Waals surface area contributed by atoms with Crippen LogP contribution in [0.2, 0.25) is 0 Å². The van der Waals surface area contributed by atoms with E-state index in [1.807, 2.05) is 12.1 Å². The number of aromatic nitrogens is 4. The van der Waals surface area contributed by atoms with Crippen molar-refractivity contribution in [2.75, 3.05) is 0 Å². The Morgan fingerprint density at radius 1 is 1.18 bits per heavy atom. The predicted octanol–water partition coefficient (Wildman–Crippen LogP) is 0.837. The molecular weight excluding hydrogens is 458 g/mol. The van der Waals surface area contributed by atoms with Gasteiger partial charge in [0.05, 0.1) is 24.9 Å². The number of fused-ring (bicyclic) bond motifs is 2. The van der Waals surface area contributed by atoms with Crippen molar-refractivity contribution in [1.82, 2.24) is 29.2 Å². The minimum atomic E-state index is -4.12. The maximum Gasteiger partial charge on any atom is 0.286 e. The predicted molar refractivity (Wildman–Crippen MR) is 108 cm³/mol. The molecule has 0 saturated carbocycles. The van der Waals surface area contributed by atoms with Gasteiger partial charge in [0.2, 0.25) is 11.8 Å². The van der Waals surface area contributed by atoms with Crippen molar-refractivity contribution < 1.29 is 26.8 Å². The Kier molecular flexibility index (Phi) is 5.00. The fourth-order valence-corrected chi connectivity index (χ4v) is 5.17. The summed E-state index contributed by atoms with van der Waals surface area (Å²) in [7, 11) is -4.12. The quantitative estimate of drug-likeness (QED) is 0.583. The van der Waals surface area contributed by atoms with Crippen molar-refractivity contribution in [2.24, 2.45) is 0 Å². The molecule has 0 saturated heterocycles. The molecule has 1 atom stereocenters. The van der Waals surface area contributed by atoms with Gasteiger partial charge in [-0.1, -0.05) is 24.3 Å². The Morgan fingerprint density at radius 3 is 2.73 bits per heavy atom. The van der Waals surface area contributed by atoms with Crippen molar-refractivity contribution in [1.29, 1.82) is 0 Å². The van der Waals surface area contributed by atoms with Gasteiger partial charge in [-0.2, -0.15) is 22.7 Å². The number of nitrogens with one attached hydrogen (secondary N) is 1. The van der Waals surface area contributed by atoms with Gasteiger partial charge in [-0.3, -0.25) is 14.3 Å². The molecule has 13 heteroatoms. The molecule has 2 amide bonds. The van der Waals surface area contributed by atoms with Crippen LogP contribution in [0.1, 0.15) is 28.4 Å². The number of hydrogen-bond acceptors (Lipinski definition) is 6. The summed E-state index contributed by atoms with van der Waals surface area (Å²) >= 11 is 0. The normalized spacial score (nSPS) is 17.7. The molecule has 33 heavy (non-hydrogen) atoms. The third-order valence-electron chi connectivity index (χ3n) is 5.62. The Balaban J connectivity index is 1.34. The molecule has 1 aromatic carbocycles. The van der Waals surface area contributed by atoms with Crippen LogP contribution in [0.4, 0.5) is 8.78 Å². The summed E-state index contributed by atoms with van der Waals surface area (Å²) in [5.74, 6) is -0.552. The summed E-state index contributed by atoms with van der Waals surface area (Å²) in [6.45, 7) is -0.512. The molecule has 172 valence electrons. The summed E-state index contributed by atoms with van der Waals surface area (Å²) in [6, 6.07) is 6.40. The maximum atomic E-state index is 13.2. The van der Waals surface area contributed by atoms with Crippen LogP contribution >= 0.6 is 0 Å². The highest BCUT2D eigenvalue weighted by Crippen LogP contribution is 2.30. The molecule has 2 aliphatic rings. The molecule has 0 bridgehead atoms. The first kappa shape index (κ1) is 21.2. The summed E-state index contributed by atoms with van der Waals surface area (Å²) in [4.78, 5) is 26.5. The number of hydrogen-bond donors (Lipinski definition) is 1. The fourth-order valence-electron chi connectivity index (χ4n) is 4.05. The number of halogens is 2.